The molecule has 0 saturated carbocycles. The minimum Gasteiger partial charge on any atom is -0.370 e. The van der Waals surface area contributed by atoms with Crippen molar-refractivity contribution >= 4 is 0 Å². The van der Waals surface area contributed by atoms with Gasteiger partial charge in [-0.15, -0.1) is 0 Å². The molecule has 1 aromatic heterocycles. The van der Waals surface area contributed by atoms with Crippen molar-refractivity contribution in [1.82, 2.24) is 10.2 Å². The lowest BCUT2D eigenvalue weighted by atomic mass is 10.2. The number of rotatable bonds is 1. The third-order valence-corrected chi connectivity index (χ3v) is 1.68. The van der Waals surface area contributed by atoms with Gasteiger partial charge in [-0.25, -0.2) is 14.7 Å². The van der Waals surface area contributed by atoms with Crippen molar-refractivity contribution in [2.75, 3.05) is 0 Å². The van der Waals surface area contributed by atoms with E-state index >= 15 is 0 Å². The molecule has 0 radical (unpaired) electrons. The number of aromatic nitrogens is 2. The molecule has 0 aliphatic rings. The van der Waals surface area contributed by atoms with Crippen molar-refractivity contribution in [3.63, 3.8) is 0 Å². The Kier molecular flexibility index (Phi) is 1.98. The Hall–Kier alpha value is -2.17. The van der Waals surface area contributed by atoms with Crippen molar-refractivity contribution in [3.8, 4) is 11.3 Å². The van der Waals surface area contributed by atoms with Gasteiger partial charge in [0, 0.05) is 5.56 Å². The second kappa shape index (κ2) is 3.29. The minimum absolute atomic E-state index is 0.102. The molecule has 1 aromatic carbocycles. The van der Waals surface area contributed by atoms with E-state index in [2.05, 4.69) is 14.6 Å². The Labute approximate surface area is 78.0 Å². The summed E-state index contributed by atoms with van der Waals surface area (Å²) >= 11 is 0. The fourth-order valence-electron chi connectivity index (χ4n) is 1.08. The first-order valence-corrected chi connectivity index (χ1v) is 3.92. The molecule has 0 unspecified atom stereocenters. The maximum absolute atomic E-state index is 11.2. The number of aromatic amines is 1. The van der Waals surface area contributed by atoms with Crippen LogP contribution in [0.15, 0.2) is 44.3 Å². The van der Waals surface area contributed by atoms with Crippen LogP contribution >= 0.6 is 0 Å². The van der Waals surface area contributed by atoms with Crippen molar-refractivity contribution in [2.45, 2.75) is 0 Å². The molecule has 0 spiro atoms. The summed E-state index contributed by atoms with van der Waals surface area (Å²) in [6.07, 6.45) is 0. The fourth-order valence-corrected chi connectivity index (χ4v) is 1.08. The van der Waals surface area contributed by atoms with Gasteiger partial charge in [-0.2, -0.15) is 5.10 Å². The van der Waals surface area contributed by atoms with E-state index in [4.69, 9.17) is 0 Å². The lowest BCUT2D eigenvalue weighted by molar-refractivity contribution is 0.435. The second-order valence-corrected chi connectivity index (χ2v) is 2.62. The molecule has 2 aromatic rings. The van der Waals surface area contributed by atoms with Crippen molar-refractivity contribution in [1.29, 1.82) is 0 Å². The molecular formula is C9H6N2O3. The number of nitrogens with zero attached hydrogens (tertiary/aromatic N) is 1. The van der Waals surface area contributed by atoms with Crippen LogP contribution in [0.4, 0.5) is 0 Å². The summed E-state index contributed by atoms with van der Waals surface area (Å²) in [5.74, 6) is -0.852. The molecule has 2 rings (SSSR count). The molecule has 0 saturated heterocycles. The Balaban J connectivity index is 2.64. The van der Waals surface area contributed by atoms with Crippen LogP contribution in [-0.4, -0.2) is 10.2 Å². The molecule has 1 heterocycles. The van der Waals surface area contributed by atoms with E-state index in [1.165, 1.54) is 0 Å². The average Bonchev–Trinajstić information content (AvgIpc) is 2.19. The topological polar surface area (TPSA) is 76.0 Å². The van der Waals surface area contributed by atoms with E-state index in [1.54, 1.807) is 24.3 Å². The van der Waals surface area contributed by atoms with Gasteiger partial charge in [-0.3, -0.25) is 0 Å². The SMILES string of the molecule is O=c1[nH]nc(-c2ccccc2)c(=O)o1. The van der Waals surface area contributed by atoms with E-state index in [-0.39, 0.29) is 5.69 Å². The van der Waals surface area contributed by atoms with Crippen LogP contribution in [-0.2, 0) is 0 Å². The highest BCUT2D eigenvalue weighted by atomic mass is 16.4. The smallest absolute Gasteiger partial charge is 0.370 e. The second-order valence-electron chi connectivity index (χ2n) is 2.62. The van der Waals surface area contributed by atoms with E-state index in [0.717, 1.165) is 0 Å². The van der Waals surface area contributed by atoms with Gasteiger partial charge in [-0.05, 0) is 0 Å². The summed E-state index contributed by atoms with van der Waals surface area (Å²) in [5, 5.41) is 5.67. The van der Waals surface area contributed by atoms with E-state index in [1.807, 2.05) is 6.07 Å². The Morgan fingerprint density at radius 1 is 1.14 bits per heavy atom. The monoisotopic (exact) mass is 190 g/mol. The molecule has 0 bridgehead atoms. The van der Waals surface area contributed by atoms with Gasteiger partial charge in [0.2, 0.25) is 0 Å². The van der Waals surface area contributed by atoms with Crippen LogP contribution in [0.5, 0.6) is 0 Å². The number of hydrogen-bond donors (Lipinski definition) is 1. The first kappa shape index (κ1) is 8.43. The molecule has 0 fully saturated rings. The predicted octanol–water partition coefficient (Wildman–Crippen LogP) is 0.390. The van der Waals surface area contributed by atoms with Gasteiger partial charge in [0.05, 0.1) is 0 Å². The van der Waals surface area contributed by atoms with Crippen molar-refractivity contribution in [3.05, 3.63) is 51.3 Å². The Morgan fingerprint density at radius 2 is 1.86 bits per heavy atom. The van der Waals surface area contributed by atoms with Crippen molar-refractivity contribution in [2.24, 2.45) is 0 Å². The minimum atomic E-state index is -0.852. The van der Waals surface area contributed by atoms with Crippen LogP contribution in [0, 0.1) is 0 Å². The Morgan fingerprint density at radius 3 is 2.50 bits per heavy atom. The van der Waals surface area contributed by atoms with Crippen LogP contribution < -0.4 is 11.4 Å². The highest BCUT2D eigenvalue weighted by Gasteiger charge is 2.05. The van der Waals surface area contributed by atoms with Crippen molar-refractivity contribution < 1.29 is 4.42 Å². The Bertz CT molecular complexity index is 542. The molecule has 0 aliphatic heterocycles. The summed E-state index contributed by atoms with van der Waals surface area (Å²) in [4.78, 5) is 21.8. The maximum Gasteiger partial charge on any atom is 0.435 e. The third-order valence-electron chi connectivity index (χ3n) is 1.68. The normalized spacial score (nSPS) is 10.0. The van der Waals surface area contributed by atoms with Crippen LogP contribution in [0.2, 0.25) is 0 Å². The predicted molar refractivity (Wildman–Crippen MR) is 48.8 cm³/mol. The molecule has 5 nitrogen and oxygen atoms in total. The largest absolute Gasteiger partial charge is 0.435 e. The zero-order valence-electron chi connectivity index (χ0n) is 7.06. The number of H-pyrrole nitrogens is 1. The molecule has 5 heteroatoms. The van der Waals surface area contributed by atoms with Gasteiger partial charge in [0.15, 0.2) is 5.69 Å². The van der Waals surface area contributed by atoms with Crippen LogP contribution in [0.25, 0.3) is 11.3 Å². The molecule has 0 aliphatic carbocycles. The number of hydrogen-bond acceptors (Lipinski definition) is 4. The van der Waals surface area contributed by atoms with Gasteiger partial charge in [0.25, 0.3) is 0 Å². The molecule has 14 heavy (non-hydrogen) atoms. The standard InChI is InChI=1S/C9H6N2O3/c12-8-7(10-11-9(13)14-8)6-4-2-1-3-5-6/h1-5H,(H,11,13). The molecule has 70 valence electrons. The summed E-state index contributed by atoms with van der Waals surface area (Å²) < 4.78 is 4.33. The maximum atomic E-state index is 11.2. The lowest BCUT2D eigenvalue weighted by Crippen LogP contribution is -2.18. The summed E-state index contributed by atoms with van der Waals surface area (Å²) in [5.41, 5.74) is -0.0253. The van der Waals surface area contributed by atoms with Gasteiger partial charge in [0.1, 0.15) is 0 Å². The first-order valence-electron chi connectivity index (χ1n) is 3.92. The highest BCUT2D eigenvalue weighted by molar-refractivity contribution is 5.56. The highest BCUT2D eigenvalue weighted by Crippen LogP contribution is 2.09. The summed E-state index contributed by atoms with van der Waals surface area (Å²) in [6, 6.07) is 8.76. The van der Waals surface area contributed by atoms with Gasteiger partial charge < -0.3 is 4.42 Å². The average molecular weight is 190 g/mol. The number of benzene rings is 1. The summed E-state index contributed by atoms with van der Waals surface area (Å²) in [6.45, 7) is 0. The zero-order valence-corrected chi connectivity index (χ0v) is 7.06. The quantitative estimate of drug-likeness (QED) is 0.705. The lowest BCUT2D eigenvalue weighted by Gasteiger charge is -1.95. The van der Waals surface area contributed by atoms with Crippen LogP contribution in [0.3, 0.4) is 0 Å². The molecule has 0 atom stereocenters. The van der Waals surface area contributed by atoms with Gasteiger partial charge >= 0.3 is 11.4 Å². The summed E-state index contributed by atoms with van der Waals surface area (Å²) in [7, 11) is 0. The van der Waals surface area contributed by atoms with E-state index < -0.39 is 11.4 Å². The van der Waals surface area contributed by atoms with E-state index in [9.17, 15) is 9.59 Å². The molecule has 0 amide bonds. The fraction of sp³-hybridized carbons (Fsp3) is 0. The molecule has 1 N–H and O–H groups in total. The number of nitrogens with one attached hydrogen (secondary N) is 1. The zero-order chi connectivity index (χ0) is 9.97. The van der Waals surface area contributed by atoms with E-state index in [0.29, 0.717) is 5.56 Å². The third kappa shape index (κ3) is 1.47. The molecular weight excluding hydrogens is 184 g/mol. The first-order chi connectivity index (χ1) is 6.77. The van der Waals surface area contributed by atoms with Crippen LogP contribution in [0.1, 0.15) is 0 Å². The van der Waals surface area contributed by atoms with Gasteiger partial charge in [-0.1, -0.05) is 30.3 Å².